The number of aliphatic hydroxyl groups excluding tert-OH is 1. The van der Waals surface area contributed by atoms with Gasteiger partial charge < -0.3 is 19.7 Å². The number of rotatable bonds is 6. The Hall–Kier alpha value is -3.22. The first-order valence-electron chi connectivity index (χ1n) is 9.39. The summed E-state index contributed by atoms with van der Waals surface area (Å²) in [7, 11) is -2.88. The lowest BCUT2D eigenvalue weighted by atomic mass is 9.94. The highest BCUT2D eigenvalue weighted by Crippen LogP contribution is 2.37. The molecule has 1 heterocycles. The summed E-state index contributed by atoms with van der Waals surface area (Å²) in [5.41, 5.74) is -2.38. The van der Waals surface area contributed by atoms with Crippen molar-refractivity contribution in [3.8, 4) is 17.6 Å². The maximum atomic E-state index is 13.9. The largest absolute Gasteiger partial charge is 0.498 e. The monoisotopic (exact) mass is 461 g/mol. The standard InChI is InChI=1S/C21H20FN3O6S/c1-13(26)21(27)12-25(11-20(21)31-16-5-4-14(10-23)17(22)8-16)32(28,29)19-7-6-15(30-3)9-18(19)24-2/h4-9,13,20,26-27H,11-12H2,1,3H3/t13-,20-,21+/m0/s1. The predicted octanol–water partition coefficient (Wildman–Crippen LogP) is 1.82. The van der Waals surface area contributed by atoms with Gasteiger partial charge in [0.15, 0.2) is 0 Å². The molecule has 2 aromatic rings. The second-order valence-corrected chi connectivity index (χ2v) is 9.18. The van der Waals surface area contributed by atoms with Gasteiger partial charge in [0.25, 0.3) is 0 Å². The third-order valence-corrected chi connectivity index (χ3v) is 7.18. The minimum atomic E-state index is -4.26. The van der Waals surface area contributed by atoms with Gasteiger partial charge >= 0.3 is 0 Å². The van der Waals surface area contributed by atoms with Crippen molar-refractivity contribution in [2.45, 2.75) is 29.6 Å². The fourth-order valence-corrected chi connectivity index (χ4v) is 5.00. The summed E-state index contributed by atoms with van der Waals surface area (Å²) in [5.74, 6) is -0.579. The molecule has 0 bridgehead atoms. The van der Waals surface area contributed by atoms with Gasteiger partial charge in [0.1, 0.15) is 35.1 Å². The summed E-state index contributed by atoms with van der Waals surface area (Å²) in [6, 6.07) is 9.02. The molecule has 32 heavy (non-hydrogen) atoms. The smallest absolute Gasteiger partial charge is 0.233 e. The van der Waals surface area contributed by atoms with Crippen LogP contribution in [0.4, 0.5) is 10.1 Å². The fraction of sp³-hybridized carbons (Fsp3) is 0.333. The molecule has 1 fully saturated rings. The number of β-amino-alcohol motifs (C(OH)–C–C–N with tert-alkyl or cyclic N) is 1. The molecule has 0 unspecified atom stereocenters. The Kier molecular flexibility index (Phi) is 6.39. The summed E-state index contributed by atoms with van der Waals surface area (Å²) < 4.78 is 52.0. The molecule has 9 nitrogen and oxygen atoms in total. The number of methoxy groups -OCH3 is 1. The Labute approximate surface area is 184 Å². The van der Waals surface area contributed by atoms with Crippen molar-refractivity contribution in [1.82, 2.24) is 4.31 Å². The van der Waals surface area contributed by atoms with E-state index >= 15 is 0 Å². The predicted molar refractivity (Wildman–Crippen MR) is 110 cm³/mol. The SMILES string of the molecule is [C-]#[N+]c1cc(OC)ccc1S(=O)(=O)N1C[C@H](Oc2ccc(C#N)c(F)c2)[C@](O)([C@H](C)O)C1. The quantitative estimate of drug-likeness (QED) is 0.629. The molecule has 168 valence electrons. The number of hydrogen-bond donors (Lipinski definition) is 2. The van der Waals surface area contributed by atoms with Gasteiger partial charge in [-0.05, 0) is 37.3 Å². The van der Waals surface area contributed by atoms with Crippen LogP contribution in [0, 0.1) is 23.7 Å². The molecular formula is C21H20FN3O6S. The van der Waals surface area contributed by atoms with Crippen LogP contribution in [0.25, 0.3) is 4.85 Å². The Morgan fingerprint density at radius 2 is 2.03 bits per heavy atom. The minimum Gasteiger partial charge on any atom is -0.498 e. The first-order chi connectivity index (χ1) is 15.1. The maximum absolute atomic E-state index is 13.9. The van der Waals surface area contributed by atoms with E-state index in [0.717, 1.165) is 10.4 Å². The van der Waals surface area contributed by atoms with E-state index in [1.54, 1.807) is 6.07 Å². The van der Waals surface area contributed by atoms with Crippen LogP contribution in [-0.2, 0) is 10.0 Å². The molecule has 3 atom stereocenters. The molecule has 2 N–H and O–H groups in total. The highest BCUT2D eigenvalue weighted by Gasteiger charge is 2.54. The summed E-state index contributed by atoms with van der Waals surface area (Å²) in [6.45, 7) is 7.71. The molecule has 1 aliphatic heterocycles. The molecule has 2 aromatic carbocycles. The molecule has 0 radical (unpaired) electrons. The van der Waals surface area contributed by atoms with Crippen LogP contribution in [0.1, 0.15) is 12.5 Å². The van der Waals surface area contributed by atoms with Crippen LogP contribution < -0.4 is 9.47 Å². The Morgan fingerprint density at radius 3 is 2.59 bits per heavy atom. The molecule has 0 saturated carbocycles. The topological polar surface area (TPSA) is 124 Å². The lowest BCUT2D eigenvalue weighted by Gasteiger charge is -2.31. The van der Waals surface area contributed by atoms with Gasteiger partial charge in [0, 0.05) is 12.6 Å². The van der Waals surface area contributed by atoms with Crippen molar-refractivity contribution in [3.05, 3.63) is 59.2 Å². The molecule has 0 amide bonds. The molecule has 0 aliphatic carbocycles. The first kappa shape index (κ1) is 23.4. The third-order valence-electron chi connectivity index (χ3n) is 5.32. The number of aliphatic hydroxyl groups is 2. The van der Waals surface area contributed by atoms with Crippen molar-refractivity contribution in [2.24, 2.45) is 0 Å². The van der Waals surface area contributed by atoms with Gasteiger partial charge in [0.05, 0.1) is 36.8 Å². The second kappa shape index (κ2) is 8.73. The highest BCUT2D eigenvalue weighted by molar-refractivity contribution is 7.89. The Morgan fingerprint density at radius 1 is 1.34 bits per heavy atom. The number of nitrogens with zero attached hydrogens (tertiary/aromatic N) is 3. The van der Waals surface area contributed by atoms with Crippen molar-refractivity contribution in [2.75, 3.05) is 20.2 Å². The average Bonchev–Trinajstić information content (AvgIpc) is 3.11. The van der Waals surface area contributed by atoms with E-state index in [1.807, 2.05) is 0 Å². The van der Waals surface area contributed by atoms with Crippen LogP contribution in [-0.4, -0.2) is 60.9 Å². The van der Waals surface area contributed by atoms with E-state index in [9.17, 15) is 23.0 Å². The third kappa shape index (κ3) is 4.11. The second-order valence-electron chi connectivity index (χ2n) is 7.27. The van der Waals surface area contributed by atoms with Gasteiger partial charge in [-0.3, -0.25) is 0 Å². The van der Waals surface area contributed by atoms with E-state index in [2.05, 4.69) is 4.85 Å². The minimum absolute atomic E-state index is 0.0453. The molecule has 0 aromatic heterocycles. The molecule has 3 rings (SSSR count). The molecule has 0 spiro atoms. The number of ether oxygens (including phenoxy) is 2. The van der Waals surface area contributed by atoms with Crippen LogP contribution in [0.3, 0.4) is 0 Å². The average molecular weight is 461 g/mol. The van der Waals surface area contributed by atoms with Crippen molar-refractivity contribution < 1.29 is 32.5 Å². The van der Waals surface area contributed by atoms with Gasteiger partial charge in [-0.15, -0.1) is 0 Å². The number of nitriles is 1. The summed E-state index contributed by atoms with van der Waals surface area (Å²) >= 11 is 0. The molecule has 11 heteroatoms. The summed E-state index contributed by atoms with van der Waals surface area (Å²) in [4.78, 5) is 2.97. The van der Waals surface area contributed by atoms with Gasteiger partial charge in [-0.2, -0.15) is 9.57 Å². The van der Waals surface area contributed by atoms with E-state index in [0.29, 0.717) is 5.75 Å². The summed E-state index contributed by atoms with van der Waals surface area (Å²) in [5, 5.41) is 30.1. The molecular weight excluding hydrogens is 441 g/mol. The van der Waals surface area contributed by atoms with Gasteiger partial charge in [-0.1, -0.05) is 0 Å². The lowest BCUT2D eigenvalue weighted by Crippen LogP contribution is -2.53. The number of sulfonamides is 1. The Bertz CT molecular complexity index is 1220. The van der Waals surface area contributed by atoms with Gasteiger partial charge in [-0.25, -0.2) is 17.7 Å². The maximum Gasteiger partial charge on any atom is 0.233 e. The van der Waals surface area contributed by atoms with Crippen LogP contribution in [0.5, 0.6) is 11.5 Å². The zero-order valence-electron chi connectivity index (χ0n) is 17.2. The Balaban J connectivity index is 1.96. The van der Waals surface area contributed by atoms with Crippen molar-refractivity contribution in [1.29, 1.82) is 5.26 Å². The van der Waals surface area contributed by atoms with E-state index < -0.39 is 40.2 Å². The zero-order chi connectivity index (χ0) is 23.7. The first-order valence-corrected chi connectivity index (χ1v) is 10.8. The number of halogens is 1. The van der Waals surface area contributed by atoms with E-state index in [1.165, 1.54) is 44.4 Å². The number of hydrogen-bond acceptors (Lipinski definition) is 7. The van der Waals surface area contributed by atoms with E-state index in [-0.39, 0.29) is 28.4 Å². The van der Waals surface area contributed by atoms with Gasteiger partial charge in [0.2, 0.25) is 15.7 Å². The van der Waals surface area contributed by atoms with Crippen molar-refractivity contribution in [3.63, 3.8) is 0 Å². The van der Waals surface area contributed by atoms with Crippen LogP contribution in [0.2, 0.25) is 0 Å². The lowest BCUT2D eigenvalue weighted by molar-refractivity contribution is -0.104. The highest BCUT2D eigenvalue weighted by atomic mass is 32.2. The fourth-order valence-electron chi connectivity index (χ4n) is 3.41. The molecule has 1 aliphatic rings. The summed E-state index contributed by atoms with van der Waals surface area (Å²) in [6.07, 6.45) is -2.65. The molecule has 1 saturated heterocycles. The van der Waals surface area contributed by atoms with Crippen LogP contribution in [0.15, 0.2) is 41.3 Å². The van der Waals surface area contributed by atoms with E-state index in [4.69, 9.17) is 21.3 Å². The van der Waals surface area contributed by atoms with Crippen molar-refractivity contribution >= 4 is 15.7 Å². The number of benzene rings is 2. The normalized spacial score (nSPS) is 22.0. The van der Waals surface area contributed by atoms with Crippen LogP contribution >= 0.6 is 0 Å². The zero-order valence-corrected chi connectivity index (χ0v) is 18.0.